The normalized spacial score (nSPS) is 11.2. The van der Waals surface area contributed by atoms with Gasteiger partial charge in [-0.15, -0.1) is 0 Å². The lowest BCUT2D eigenvalue weighted by Crippen LogP contribution is -1.93. The van der Waals surface area contributed by atoms with E-state index in [9.17, 15) is 0 Å². The van der Waals surface area contributed by atoms with Crippen LogP contribution in [-0.2, 0) is 0 Å². The van der Waals surface area contributed by atoms with Gasteiger partial charge in [0.1, 0.15) is 0 Å². The Labute approximate surface area is 200 Å². The number of fused-ring (bicyclic) bond motifs is 3. The first-order valence-electron chi connectivity index (χ1n) is 11.6. The quantitative estimate of drug-likeness (QED) is 0.243. The van der Waals surface area contributed by atoms with Crippen LogP contribution in [0.3, 0.4) is 0 Å². The molecular formula is C34H24. The van der Waals surface area contributed by atoms with Gasteiger partial charge in [0.2, 0.25) is 0 Å². The van der Waals surface area contributed by atoms with Crippen molar-refractivity contribution in [3.05, 3.63) is 133 Å². The maximum Gasteiger partial charge on any atom is -0.00199 e. The molecule has 0 aromatic heterocycles. The Morgan fingerprint density at radius 3 is 1.65 bits per heavy atom. The Kier molecular flexibility index (Phi) is 4.86. The van der Waals surface area contributed by atoms with E-state index in [4.69, 9.17) is 0 Å². The zero-order valence-electron chi connectivity index (χ0n) is 19.0. The molecule has 0 aliphatic rings. The maximum absolute atomic E-state index is 4.09. The molecule has 0 aliphatic heterocycles. The van der Waals surface area contributed by atoms with Crippen LogP contribution >= 0.6 is 0 Å². The van der Waals surface area contributed by atoms with Gasteiger partial charge in [0, 0.05) is 0 Å². The lowest BCUT2D eigenvalue weighted by molar-refractivity contribution is 1.64. The first-order chi connectivity index (χ1) is 16.8. The zero-order valence-corrected chi connectivity index (χ0v) is 19.0. The fourth-order valence-electron chi connectivity index (χ4n) is 5.26. The molecular weight excluding hydrogens is 408 g/mol. The smallest absolute Gasteiger partial charge is 0.00199 e. The summed E-state index contributed by atoms with van der Waals surface area (Å²) in [7, 11) is 0. The van der Waals surface area contributed by atoms with Crippen LogP contribution < -0.4 is 0 Å². The van der Waals surface area contributed by atoms with Gasteiger partial charge in [-0.1, -0.05) is 122 Å². The fourth-order valence-corrected chi connectivity index (χ4v) is 5.26. The van der Waals surface area contributed by atoms with E-state index in [1.54, 1.807) is 0 Å². The summed E-state index contributed by atoms with van der Waals surface area (Å²) in [5.41, 5.74) is 7.18. The molecule has 0 saturated heterocycles. The van der Waals surface area contributed by atoms with E-state index in [0.717, 1.165) is 11.1 Å². The van der Waals surface area contributed by atoms with Gasteiger partial charge >= 0.3 is 0 Å². The molecule has 0 spiro atoms. The molecule has 160 valence electrons. The van der Waals surface area contributed by atoms with Gasteiger partial charge in [-0.3, -0.25) is 0 Å². The minimum Gasteiger partial charge on any atom is -0.0984 e. The molecule has 0 heteroatoms. The van der Waals surface area contributed by atoms with E-state index in [-0.39, 0.29) is 0 Å². The van der Waals surface area contributed by atoms with Crippen molar-refractivity contribution in [2.24, 2.45) is 0 Å². The van der Waals surface area contributed by atoms with Gasteiger partial charge in [-0.2, -0.15) is 0 Å². The summed E-state index contributed by atoms with van der Waals surface area (Å²) < 4.78 is 0. The van der Waals surface area contributed by atoms with E-state index in [1.807, 2.05) is 12.2 Å². The van der Waals surface area contributed by atoms with Crippen LogP contribution in [0.4, 0.5) is 0 Å². The Hall–Kier alpha value is -4.42. The second kappa shape index (κ2) is 8.17. The molecule has 0 heterocycles. The average molecular weight is 433 g/mol. The molecule has 0 atom stereocenters. The molecule has 0 aliphatic carbocycles. The van der Waals surface area contributed by atoms with Crippen molar-refractivity contribution in [1.29, 1.82) is 0 Å². The lowest BCUT2D eigenvalue weighted by Gasteiger charge is -2.20. The first kappa shape index (κ1) is 20.2. The Balaban J connectivity index is 1.90. The summed E-state index contributed by atoms with van der Waals surface area (Å²) in [6.45, 7) is 8.18. The van der Waals surface area contributed by atoms with Crippen molar-refractivity contribution < 1.29 is 0 Å². The standard InChI is InChI=1S/C34H24/c1-3-23-21-31-32(22-24(23)4-2)34(28-20-12-16-25-13-8-9-17-27(25)28)30-19-11-10-18-29(30)33(31)26-14-6-5-7-15-26/h3-22H,1-2H2. The predicted octanol–water partition coefficient (Wildman–Crippen LogP) is 9.77. The van der Waals surface area contributed by atoms with E-state index < -0.39 is 0 Å². The predicted molar refractivity (Wildman–Crippen MR) is 150 cm³/mol. The second-order valence-electron chi connectivity index (χ2n) is 8.62. The van der Waals surface area contributed by atoms with Gasteiger partial charge in [0.15, 0.2) is 0 Å². The Morgan fingerprint density at radius 2 is 0.971 bits per heavy atom. The number of rotatable bonds is 4. The van der Waals surface area contributed by atoms with Crippen molar-refractivity contribution in [2.45, 2.75) is 0 Å². The van der Waals surface area contributed by atoms with E-state index in [1.165, 1.54) is 54.6 Å². The third-order valence-corrected chi connectivity index (χ3v) is 6.79. The summed E-state index contributed by atoms with van der Waals surface area (Å²) >= 11 is 0. The third kappa shape index (κ3) is 3.08. The van der Waals surface area contributed by atoms with Gasteiger partial charge in [-0.25, -0.2) is 0 Å². The number of hydrogen-bond donors (Lipinski definition) is 0. The van der Waals surface area contributed by atoms with Crippen molar-refractivity contribution in [3.8, 4) is 22.3 Å². The third-order valence-electron chi connectivity index (χ3n) is 6.79. The largest absolute Gasteiger partial charge is 0.0984 e. The van der Waals surface area contributed by atoms with Crippen molar-refractivity contribution in [3.63, 3.8) is 0 Å². The molecule has 0 fully saturated rings. The van der Waals surface area contributed by atoms with Crippen LogP contribution in [0.1, 0.15) is 11.1 Å². The summed E-state index contributed by atoms with van der Waals surface area (Å²) in [6, 6.07) is 39.3. The SMILES string of the molecule is C=Cc1cc2c(-c3ccccc3)c3ccccc3c(-c3cccc4ccccc34)c2cc1C=C. The molecule has 6 aromatic rings. The zero-order chi connectivity index (χ0) is 23.1. The average Bonchev–Trinajstić information content (AvgIpc) is 2.91. The van der Waals surface area contributed by atoms with Gasteiger partial charge < -0.3 is 0 Å². The number of benzene rings is 6. The minimum absolute atomic E-state index is 1.10. The van der Waals surface area contributed by atoms with Crippen molar-refractivity contribution in [1.82, 2.24) is 0 Å². The maximum atomic E-state index is 4.09. The van der Waals surface area contributed by atoms with Crippen LogP contribution in [0.5, 0.6) is 0 Å². The summed E-state index contributed by atoms with van der Waals surface area (Å²) in [6.07, 6.45) is 3.86. The molecule has 0 N–H and O–H groups in total. The minimum atomic E-state index is 1.10. The molecule has 0 nitrogen and oxygen atoms in total. The molecule has 0 amide bonds. The van der Waals surface area contributed by atoms with Crippen molar-refractivity contribution >= 4 is 44.5 Å². The molecule has 0 unspecified atom stereocenters. The highest BCUT2D eigenvalue weighted by Crippen LogP contribution is 2.46. The van der Waals surface area contributed by atoms with E-state index in [0.29, 0.717) is 0 Å². The van der Waals surface area contributed by atoms with Crippen LogP contribution in [-0.4, -0.2) is 0 Å². The summed E-state index contributed by atoms with van der Waals surface area (Å²) in [5.74, 6) is 0. The lowest BCUT2D eigenvalue weighted by atomic mass is 9.83. The van der Waals surface area contributed by atoms with Gasteiger partial charge in [-0.05, 0) is 77.8 Å². The highest BCUT2D eigenvalue weighted by Gasteiger charge is 2.18. The van der Waals surface area contributed by atoms with Crippen LogP contribution in [0.25, 0.3) is 66.7 Å². The molecule has 0 radical (unpaired) electrons. The highest BCUT2D eigenvalue weighted by molar-refractivity contribution is 6.24. The molecule has 0 saturated carbocycles. The Morgan fingerprint density at radius 1 is 0.441 bits per heavy atom. The van der Waals surface area contributed by atoms with E-state index in [2.05, 4.69) is 122 Å². The number of hydrogen-bond acceptors (Lipinski definition) is 0. The molecule has 34 heavy (non-hydrogen) atoms. The second-order valence-corrected chi connectivity index (χ2v) is 8.62. The Bertz CT molecular complexity index is 1710. The molecule has 0 bridgehead atoms. The van der Waals surface area contributed by atoms with Crippen LogP contribution in [0.2, 0.25) is 0 Å². The topological polar surface area (TPSA) is 0 Å². The fraction of sp³-hybridized carbons (Fsp3) is 0. The van der Waals surface area contributed by atoms with Gasteiger partial charge in [0.05, 0.1) is 0 Å². The molecule has 6 rings (SSSR count). The summed E-state index contributed by atoms with van der Waals surface area (Å²) in [5, 5.41) is 7.48. The van der Waals surface area contributed by atoms with E-state index >= 15 is 0 Å². The van der Waals surface area contributed by atoms with Crippen LogP contribution in [0.15, 0.2) is 122 Å². The highest BCUT2D eigenvalue weighted by atomic mass is 14.2. The monoisotopic (exact) mass is 432 g/mol. The molecule has 6 aromatic carbocycles. The van der Waals surface area contributed by atoms with Crippen LogP contribution in [0, 0.1) is 0 Å². The first-order valence-corrected chi connectivity index (χ1v) is 11.6. The van der Waals surface area contributed by atoms with Crippen molar-refractivity contribution in [2.75, 3.05) is 0 Å². The van der Waals surface area contributed by atoms with Gasteiger partial charge in [0.25, 0.3) is 0 Å². The summed E-state index contributed by atoms with van der Waals surface area (Å²) in [4.78, 5) is 0.